The van der Waals surface area contributed by atoms with Crippen LogP contribution in [0.1, 0.15) is 20.8 Å². The van der Waals surface area contributed by atoms with E-state index in [1.165, 1.54) is 22.7 Å². The molecule has 0 fully saturated rings. The minimum atomic E-state index is -0.604. The highest BCUT2D eigenvalue weighted by atomic mass is 32.2. The van der Waals surface area contributed by atoms with Crippen LogP contribution in [0.15, 0.2) is 34.3 Å². The van der Waals surface area contributed by atoms with Crippen LogP contribution in [0.3, 0.4) is 0 Å². The number of nitrogens with zero attached hydrogens (tertiary/aromatic N) is 4. The Balaban J connectivity index is 2.16. The molecule has 3 heterocycles. The van der Waals surface area contributed by atoms with Crippen LogP contribution in [0.2, 0.25) is 0 Å². The summed E-state index contributed by atoms with van der Waals surface area (Å²) in [6, 6.07) is 3.56. The van der Waals surface area contributed by atoms with Crippen LogP contribution in [-0.4, -0.2) is 37.5 Å². The molecular formula is C15H16N4O3S. The van der Waals surface area contributed by atoms with Gasteiger partial charge in [-0.25, -0.2) is 24.3 Å². The Morgan fingerprint density at radius 3 is 2.74 bits per heavy atom. The van der Waals surface area contributed by atoms with Gasteiger partial charge < -0.3 is 9.15 Å². The number of ether oxygens (including phenoxy) is 1. The summed E-state index contributed by atoms with van der Waals surface area (Å²) in [5.41, 5.74) is 0.827. The predicted octanol–water partition coefficient (Wildman–Crippen LogP) is 3.59. The highest BCUT2D eigenvalue weighted by molar-refractivity contribution is 7.98. The fraction of sp³-hybridized carbons (Fsp3) is 0.333. The Kier molecular flexibility index (Phi) is 3.85. The maximum Gasteiger partial charge on any atom is 0.421 e. The highest BCUT2D eigenvalue weighted by Crippen LogP contribution is 2.27. The number of hydrogen-bond donors (Lipinski definition) is 0. The molecule has 3 rings (SSSR count). The maximum absolute atomic E-state index is 12.3. The number of imidazole rings is 1. The molecule has 120 valence electrons. The van der Waals surface area contributed by atoms with Gasteiger partial charge in [0, 0.05) is 0 Å². The molecule has 23 heavy (non-hydrogen) atoms. The molecule has 7 nitrogen and oxygen atoms in total. The molecule has 0 spiro atoms. The Hall–Kier alpha value is -2.35. The molecule has 3 aromatic rings. The van der Waals surface area contributed by atoms with Crippen molar-refractivity contribution in [3.8, 4) is 11.5 Å². The first-order valence-corrected chi connectivity index (χ1v) is 8.18. The molecule has 0 amide bonds. The SMILES string of the molecule is CSc1nc(-c2ccco2)c2ncn(C(=O)OC(C)(C)C)c2n1. The number of rotatable bonds is 2. The average Bonchev–Trinajstić information content (AvgIpc) is 3.13. The van der Waals surface area contributed by atoms with Gasteiger partial charge in [0.2, 0.25) is 0 Å². The number of fused-ring (bicyclic) bond motifs is 1. The van der Waals surface area contributed by atoms with Crippen molar-refractivity contribution in [3.05, 3.63) is 24.7 Å². The van der Waals surface area contributed by atoms with Gasteiger partial charge in [0.1, 0.15) is 23.1 Å². The third-order valence-corrected chi connectivity index (χ3v) is 3.45. The second-order valence-corrected chi connectivity index (χ2v) is 6.58. The number of thioether (sulfide) groups is 1. The van der Waals surface area contributed by atoms with E-state index in [1.54, 1.807) is 39.2 Å². The molecule has 0 bridgehead atoms. The van der Waals surface area contributed by atoms with Crippen molar-refractivity contribution in [1.29, 1.82) is 0 Å². The first-order valence-electron chi connectivity index (χ1n) is 6.95. The zero-order valence-electron chi connectivity index (χ0n) is 13.2. The normalized spacial score (nSPS) is 11.8. The van der Waals surface area contributed by atoms with Gasteiger partial charge in [-0.05, 0) is 39.2 Å². The summed E-state index contributed by atoms with van der Waals surface area (Å²) in [6.07, 6.45) is 4.29. The van der Waals surface area contributed by atoms with Gasteiger partial charge in [-0.3, -0.25) is 0 Å². The van der Waals surface area contributed by atoms with Gasteiger partial charge in [-0.15, -0.1) is 0 Å². The molecule has 0 saturated heterocycles. The van der Waals surface area contributed by atoms with Crippen LogP contribution < -0.4 is 0 Å². The minimum Gasteiger partial charge on any atom is -0.463 e. The van der Waals surface area contributed by atoms with Crippen LogP contribution in [0.5, 0.6) is 0 Å². The Labute approximate surface area is 137 Å². The largest absolute Gasteiger partial charge is 0.463 e. The van der Waals surface area contributed by atoms with Crippen molar-refractivity contribution < 1.29 is 13.9 Å². The van der Waals surface area contributed by atoms with E-state index in [9.17, 15) is 4.79 Å². The van der Waals surface area contributed by atoms with Crippen molar-refractivity contribution >= 4 is 29.0 Å². The number of aromatic nitrogens is 4. The molecule has 0 aliphatic rings. The third kappa shape index (κ3) is 3.07. The van der Waals surface area contributed by atoms with Crippen molar-refractivity contribution in [3.63, 3.8) is 0 Å². The van der Waals surface area contributed by atoms with Crippen LogP contribution >= 0.6 is 11.8 Å². The van der Waals surface area contributed by atoms with E-state index in [1.807, 2.05) is 6.26 Å². The molecule has 0 aliphatic carbocycles. The molecular weight excluding hydrogens is 316 g/mol. The van der Waals surface area contributed by atoms with E-state index >= 15 is 0 Å². The summed E-state index contributed by atoms with van der Waals surface area (Å²) in [5, 5.41) is 0.522. The fourth-order valence-corrected chi connectivity index (χ4v) is 2.36. The summed E-state index contributed by atoms with van der Waals surface area (Å²) in [7, 11) is 0. The van der Waals surface area contributed by atoms with Crippen LogP contribution in [0, 0.1) is 0 Å². The molecule has 0 atom stereocenters. The predicted molar refractivity (Wildman–Crippen MR) is 86.4 cm³/mol. The Morgan fingerprint density at radius 1 is 1.35 bits per heavy atom. The van der Waals surface area contributed by atoms with E-state index in [0.717, 1.165) is 0 Å². The molecule has 0 saturated carbocycles. The molecule has 0 aromatic carbocycles. The Morgan fingerprint density at radius 2 is 2.13 bits per heavy atom. The van der Waals surface area contributed by atoms with Crippen molar-refractivity contribution in [2.75, 3.05) is 6.26 Å². The first-order chi connectivity index (χ1) is 10.9. The second kappa shape index (κ2) is 5.69. The topological polar surface area (TPSA) is 83.0 Å². The molecule has 0 radical (unpaired) electrons. The lowest BCUT2D eigenvalue weighted by molar-refractivity contribution is 0.0542. The summed E-state index contributed by atoms with van der Waals surface area (Å²) < 4.78 is 12.1. The molecule has 3 aromatic heterocycles. The van der Waals surface area contributed by atoms with Gasteiger partial charge in [0.15, 0.2) is 16.6 Å². The quantitative estimate of drug-likeness (QED) is 0.524. The van der Waals surface area contributed by atoms with Crippen LogP contribution in [0.25, 0.3) is 22.6 Å². The fourth-order valence-electron chi connectivity index (χ4n) is 2.00. The number of hydrogen-bond acceptors (Lipinski definition) is 7. The standard InChI is InChI=1S/C15H16N4O3S/c1-15(2,3)22-14(20)19-8-16-11-10(9-6-5-7-21-9)17-13(23-4)18-12(11)19/h5-8H,1-4H3. The van der Waals surface area contributed by atoms with E-state index < -0.39 is 11.7 Å². The van der Waals surface area contributed by atoms with Crippen LogP contribution in [0.4, 0.5) is 4.79 Å². The van der Waals surface area contributed by atoms with Gasteiger partial charge in [-0.2, -0.15) is 0 Å². The summed E-state index contributed by atoms with van der Waals surface area (Å²) in [6.45, 7) is 5.42. The number of furan rings is 1. The lowest BCUT2D eigenvalue weighted by Crippen LogP contribution is -2.27. The van der Waals surface area contributed by atoms with Gasteiger partial charge >= 0.3 is 6.09 Å². The van der Waals surface area contributed by atoms with Crippen molar-refractivity contribution in [1.82, 2.24) is 19.5 Å². The third-order valence-electron chi connectivity index (χ3n) is 2.90. The van der Waals surface area contributed by atoms with Crippen LogP contribution in [-0.2, 0) is 4.74 Å². The van der Waals surface area contributed by atoms with E-state index in [0.29, 0.717) is 27.8 Å². The minimum absolute atomic E-state index is 0.394. The maximum atomic E-state index is 12.3. The van der Waals surface area contributed by atoms with Crippen molar-refractivity contribution in [2.24, 2.45) is 0 Å². The summed E-state index contributed by atoms with van der Waals surface area (Å²) in [5.74, 6) is 0.571. The molecule has 0 N–H and O–H groups in total. The Bertz CT molecular complexity index is 850. The monoisotopic (exact) mass is 332 g/mol. The second-order valence-electron chi connectivity index (χ2n) is 5.80. The van der Waals surface area contributed by atoms with Gasteiger partial charge in [-0.1, -0.05) is 11.8 Å². The lowest BCUT2D eigenvalue weighted by Gasteiger charge is -2.19. The van der Waals surface area contributed by atoms with E-state index in [-0.39, 0.29) is 0 Å². The molecule has 8 heteroatoms. The van der Waals surface area contributed by atoms with E-state index in [2.05, 4.69) is 15.0 Å². The summed E-state index contributed by atoms with van der Waals surface area (Å²) >= 11 is 1.37. The zero-order valence-corrected chi connectivity index (χ0v) is 14.0. The van der Waals surface area contributed by atoms with Crippen molar-refractivity contribution in [2.45, 2.75) is 31.5 Å². The van der Waals surface area contributed by atoms with Gasteiger partial charge in [0.05, 0.1) is 6.26 Å². The first kappa shape index (κ1) is 15.5. The smallest absolute Gasteiger partial charge is 0.421 e. The molecule has 0 aliphatic heterocycles. The summed E-state index contributed by atoms with van der Waals surface area (Å²) in [4.78, 5) is 25.4. The van der Waals surface area contributed by atoms with Gasteiger partial charge in [0.25, 0.3) is 0 Å². The number of carbonyl (C=O) groups is 1. The lowest BCUT2D eigenvalue weighted by atomic mass is 10.2. The molecule has 0 unspecified atom stereocenters. The average molecular weight is 332 g/mol. The van der Waals surface area contributed by atoms with E-state index in [4.69, 9.17) is 9.15 Å². The highest BCUT2D eigenvalue weighted by Gasteiger charge is 2.23. The number of carbonyl (C=O) groups excluding carboxylic acids is 1. The zero-order chi connectivity index (χ0) is 16.6.